The fourth-order valence-corrected chi connectivity index (χ4v) is 2.64. The third kappa shape index (κ3) is 6.77. The zero-order valence-electron chi connectivity index (χ0n) is 13.9. The van der Waals surface area contributed by atoms with Gasteiger partial charge in [0, 0.05) is 13.5 Å². The largest absolute Gasteiger partial charge is 0.489 e. The second-order valence-corrected chi connectivity index (χ2v) is 5.79. The lowest BCUT2D eigenvalue weighted by atomic mass is 9.94. The standard InChI is InChI=1S/C17H26N2O3.ClH/c1-13-3-4-15(16(11-13)22-10-9-21-2)19-17(20)12-14-5-7-18-8-6-14;/h3-4,11,14,18H,5-10,12H2,1-2H3,(H,19,20);1H. The van der Waals surface area contributed by atoms with E-state index in [1.54, 1.807) is 7.11 Å². The van der Waals surface area contributed by atoms with Crippen LogP contribution < -0.4 is 15.4 Å². The number of carbonyl (C=O) groups is 1. The molecule has 1 aliphatic rings. The van der Waals surface area contributed by atoms with Gasteiger partial charge in [-0.25, -0.2) is 0 Å². The van der Waals surface area contributed by atoms with Gasteiger partial charge in [-0.15, -0.1) is 12.4 Å². The maximum absolute atomic E-state index is 12.2. The number of aryl methyl sites for hydroxylation is 1. The summed E-state index contributed by atoms with van der Waals surface area (Å²) >= 11 is 0. The first-order valence-electron chi connectivity index (χ1n) is 7.92. The fraction of sp³-hybridized carbons (Fsp3) is 0.588. The van der Waals surface area contributed by atoms with Crippen molar-refractivity contribution in [3.8, 4) is 5.75 Å². The summed E-state index contributed by atoms with van der Waals surface area (Å²) in [6.07, 6.45) is 2.71. The molecule has 1 saturated heterocycles. The van der Waals surface area contributed by atoms with Crippen molar-refractivity contribution in [3.05, 3.63) is 23.8 Å². The number of ether oxygens (including phenoxy) is 2. The molecule has 1 fully saturated rings. The predicted molar refractivity (Wildman–Crippen MR) is 94.6 cm³/mol. The highest BCUT2D eigenvalue weighted by molar-refractivity contribution is 5.92. The Hall–Kier alpha value is -1.30. The number of hydrogen-bond acceptors (Lipinski definition) is 4. The van der Waals surface area contributed by atoms with E-state index < -0.39 is 0 Å². The molecule has 0 aliphatic carbocycles. The minimum Gasteiger partial charge on any atom is -0.489 e. The SMILES string of the molecule is COCCOc1cc(C)ccc1NC(=O)CC1CCNCC1.Cl. The highest BCUT2D eigenvalue weighted by Crippen LogP contribution is 2.26. The molecule has 1 heterocycles. The lowest BCUT2D eigenvalue weighted by molar-refractivity contribution is -0.117. The Morgan fingerprint density at radius 2 is 2.04 bits per heavy atom. The van der Waals surface area contributed by atoms with Crippen LogP contribution in [-0.2, 0) is 9.53 Å². The van der Waals surface area contributed by atoms with E-state index >= 15 is 0 Å². The summed E-state index contributed by atoms with van der Waals surface area (Å²) in [4.78, 5) is 12.2. The second-order valence-electron chi connectivity index (χ2n) is 5.79. The summed E-state index contributed by atoms with van der Waals surface area (Å²) in [6.45, 7) is 5.01. The topological polar surface area (TPSA) is 59.6 Å². The van der Waals surface area contributed by atoms with Gasteiger partial charge in [0.2, 0.25) is 5.91 Å². The first kappa shape index (κ1) is 19.7. The Balaban J connectivity index is 0.00000264. The normalized spacial score (nSPS) is 14.9. The van der Waals surface area contributed by atoms with Gasteiger partial charge in [0.15, 0.2) is 0 Å². The molecule has 0 radical (unpaired) electrons. The van der Waals surface area contributed by atoms with Crippen LogP contribution in [0.4, 0.5) is 5.69 Å². The summed E-state index contributed by atoms with van der Waals surface area (Å²) in [5, 5.41) is 6.30. The first-order chi connectivity index (χ1) is 10.7. The Bertz CT molecular complexity index is 491. The number of amides is 1. The quantitative estimate of drug-likeness (QED) is 0.748. The van der Waals surface area contributed by atoms with Gasteiger partial charge in [0.1, 0.15) is 12.4 Å². The molecule has 23 heavy (non-hydrogen) atoms. The van der Waals surface area contributed by atoms with Crippen LogP contribution >= 0.6 is 12.4 Å². The van der Waals surface area contributed by atoms with Crippen molar-refractivity contribution in [2.45, 2.75) is 26.2 Å². The predicted octanol–water partition coefficient (Wildman–Crippen LogP) is 2.77. The maximum atomic E-state index is 12.2. The summed E-state index contributed by atoms with van der Waals surface area (Å²) in [6, 6.07) is 5.82. The van der Waals surface area contributed by atoms with Crippen LogP contribution in [0, 0.1) is 12.8 Å². The van der Waals surface area contributed by atoms with Crippen LogP contribution in [0.5, 0.6) is 5.75 Å². The lowest BCUT2D eigenvalue weighted by Gasteiger charge is -2.22. The maximum Gasteiger partial charge on any atom is 0.224 e. The molecular weight excluding hydrogens is 316 g/mol. The van der Waals surface area contributed by atoms with Gasteiger partial charge in [-0.1, -0.05) is 6.07 Å². The monoisotopic (exact) mass is 342 g/mol. The smallest absolute Gasteiger partial charge is 0.224 e. The van der Waals surface area contributed by atoms with Crippen LogP contribution in [0.15, 0.2) is 18.2 Å². The molecule has 2 N–H and O–H groups in total. The number of carbonyl (C=O) groups excluding carboxylic acids is 1. The molecule has 0 aromatic heterocycles. The third-order valence-electron chi connectivity index (χ3n) is 3.89. The molecule has 1 aliphatic heterocycles. The van der Waals surface area contributed by atoms with E-state index in [9.17, 15) is 4.79 Å². The third-order valence-corrected chi connectivity index (χ3v) is 3.89. The van der Waals surface area contributed by atoms with Crippen LogP contribution in [0.2, 0.25) is 0 Å². The number of halogens is 1. The van der Waals surface area contributed by atoms with Crippen LogP contribution in [-0.4, -0.2) is 39.3 Å². The average molecular weight is 343 g/mol. The van der Waals surface area contributed by atoms with Crippen LogP contribution in [0.1, 0.15) is 24.8 Å². The molecule has 0 bridgehead atoms. The number of nitrogens with one attached hydrogen (secondary N) is 2. The van der Waals surface area contributed by atoms with Crippen molar-refractivity contribution in [2.24, 2.45) is 5.92 Å². The number of benzene rings is 1. The van der Waals surface area contributed by atoms with Gasteiger partial charge in [-0.3, -0.25) is 4.79 Å². The Kier molecular flexibility index (Phi) is 8.99. The molecule has 1 aromatic carbocycles. The molecule has 0 spiro atoms. The van der Waals surface area contributed by atoms with Crippen LogP contribution in [0.3, 0.4) is 0 Å². The molecule has 5 nitrogen and oxygen atoms in total. The van der Waals surface area contributed by atoms with Crippen molar-refractivity contribution in [2.75, 3.05) is 38.7 Å². The lowest BCUT2D eigenvalue weighted by Crippen LogP contribution is -2.30. The minimum absolute atomic E-state index is 0. The highest BCUT2D eigenvalue weighted by atomic mass is 35.5. The van der Waals surface area contributed by atoms with Gasteiger partial charge >= 0.3 is 0 Å². The number of piperidine rings is 1. The summed E-state index contributed by atoms with van der Waals surface area (Å²) in [7, 11) is 1.64. The van der Waals surface area contributed by atoms with Crippen molar-refractivity contribution in [1.29, 1.82) is 0 Å². The van der Waals surface area contributed by atoms with Crippen molar-refractivity contribution in [3.63, 3.8) is 0 Å². The number of hydrogen-bond donors (Lipinski definition) is 2. The Labute approximate surface area is 144 Å². The van der Waals surface area contributed by atoms with Gasteiger partial charge in [0.25, 0.3) is 0 Å². The molecule has 1 aromatic rings. The van der Waals surface area contributed by atoms with Gasteiger partial charge in [0.05, 0.1) is 12.3 Å². The fourth-order valence-electron chi connectivity index (χ4n) is 2.64. The van der Waals surface area contributed by atoms with Gasteiger partial charge in [-0.05, 0) is 56.5 Å². The molecule has 2 rings (SSSR count). The molecule has 130 valence electrons. The van der Waals surface area contributed by atoms with Gasteiger partial charge < -0.3 is 20.1 Å². The van der Waals surface area contributed by atoms with E-state index in [1.807, 2.05) is 25.1 Å². The van der Waals surface area contributed by atoms with E-state index in [0.717, 1.165) is 37.2 Å². The molecule has 0 saturated carbocycles. The van der Waals surface area contributed by atoms with E-state index in [-0.39, 0.29) is 18.3 Å². The molecule has 1 amide bonds. The Morgan fingerprint density at radius 1 is 1.30 bits per heavy atom. The minimum atomic E-state index is 0. The first-order valence-corrected chi connectivity index (χ1v) is 7.92. The van der Waals surface area contributed by atoms with Crippen molar-refractivity contribution < 1.29 is 14.3 Å². The number of methoxy groups -OCH3 is 1. The van der Waals surface area contributed by atoms with Gasteiger partial charge in [-0.2, -0.15) is 0 Å². The summed E-state index contributed by atoms with van der Waals surface area (Å²) in [5.74, 6) is 1.24. The molecule has 0 unspecified atom stereocenters. The number of anilines is 1. The number of rotatable bonds is 7. The molecular formula is C17H27ClN2O3. The zero-order valence-corrected chi connectivity index (χ0v) is 14.7. The van der Waals surface area contributed by atoms with Crippen LogP contribution in [0.25, 0.3) is 0 Å². The van der Waals surface area contributed by atoms with E-state index in [1.165, 1.54) is 0 Å². The van der Waals surface area contributed by atoms with E-state index in [4.69, 9.17) is 9.47 Å². The highest BCUT2D eigenvalue weighted by Gasteiger charge is 2.17. The van der Waals surface area contributed by atoms with Crippen molar-refractivity contribution >= 4 is 24.0 Å². The summed E-state index contributed by atoms with van der Waals surface area (Å²) in [5.41, 5.74) is 1.84. The average Bonchev–Trinajstić information content (AvgIpc) is 2.51. The Morgan fingerprint density at radius 3 is 2.74 bits per heavy atom. The van der Waals surface area contributed by atoms with E-state index in [2.05, 4.69) is 10.6 Å². The molecule has 6 heteroatoms. The van der Waals surface area contributed by atoms with Crippen molar-refractivity contribution in [1.82, 2.24) is 5.32 Å². The zero-order chi connectivity index (χ0) is 15.8. The van der Waals surface area contributed by atoms with E-state index in [0.29, 0.717) is 31.3 Å². The second kappa shape index (κ2) is 10.5. The molecule has 0 atom stereocenters. The summed E-state index contributed by atoms with van der Waals surface area (Å²) < 4.78 is 10.7.